The summed E-state index contributed by atoms with van der Waals surface area (Å²) in [6.07, 6.45) is 0.280. The van der Waals surface area contributed by atoms with E-state index in [-0.39, 0.29) is 72.3 Å². The molecule has 2 saturated heterocycles. The summed E-state index contributed by atoms with van der Waals surface area (Å²) in [5.41, 5.74) is 3.05. The highest BCUT2D eigenvalue weighted by atomic mass is 35.5. The second-order valence-corrected chi connectivity index (χ2v) is 14.2. The normalized spacial score (nSPS) is 20.2. The van der Waals surface area contributed by atoms with Crippen LogP contribution >= 0.6 is 34.8 Å². The molecule has 6 rings (SSSR count). The van der Waals surface area contributed by atoms with E-state index in [2.05, 4.69) is 15.3 Å². The predicted octanol–water partition coefficient (Wildman–Crippen LogP) is 4.98. The standard InChI is InChI=1S/C37H36Cl3N5O9/c1-53-35-20(15-45-17-22(47)12-30(45)37(51)52)10-25(38)28(43-35)18-54-31-7-3-5-24(33(31)40)23-4-2-6-26(32(23)39)42-34(48)27-9-8-19(13-41-27)14-44-16-21(46)11-29(44)36(49)50/h2-10,13,21-22,29-30,46-47H,11-12,14-18H2,1H3,(H,42,48)(H,49,50)(H,51,52)/t21-,22-,29+,30+/m1/s1. The average molecular weight is 801 g/mol. The Bertz CT molecular complexity index is 2050. The second kappa shape index (κ2) is 16.9. The fraction of sp³-hybridized carbons (Fsp3) is 0.324. The molecule has 54 heavy (non-hydrogen) atoms. The fourth-order valence-electron chi connectivity index (χ4n) is 6.66. The molecule has 0 radical (unpaired) electrons. The van der Waals surface area contributed by atoms with Crippen molar-refractivity contribution in [3.05, 3.63) is 98.4 Å². The van der Waals surface area contributed by atoms with E-state index in [1.54, 1.807) is 58.3 Å². The SMILES string of the molecule is COc1nc(COc2cccc(-c3cccc(NC(=O)c4ccc(CN5C[C@H](O)C[C@H]5C(=O)O)cn4)c3Cl)c2Cl)c(Cl)cc1CN1C[C@H](O)C[C@H]1C(=O)O. The topological polar surface area (TPSA) is 195 Å². The number of likely N-dealkylation sites (tertiary alicyclic amines) is 2. The Morgan fingerprint density at radius 1 is 0.870 bits per heavy atom. The fourth-order valence-corrected chi connectivity index (χ4v) is 7.45. The van der Waals surface area contributed by atoms with Gasteiger partial charge in [-0.2, -0.15) is 0 Å². The van der Waals surface area contributed by atoms with E-state index in [1.807, 2.05) is 0 Å². The number of carbonyl (C=O) groups excluding carboxylic acids is 1. The summed E-state index contributed by atoms with van der Waals surface area (Å²) in [6.45, 7) is 0.741. The van der Waals surface area contributed by atoms with Gasteiger partial charge in [0.15, 0.2) is 0 Å². The molecule has 14 nitrogen and oxygen atoms in total. The molecule has 2 aliphatic heterocycles. The third kappa shape index (κ3) is 8.71. The summed E-state index contributed by atoms with van der Waals surface area (Å²) in [5.74, 6) is -2.01. The van der Waals surface area contributed by atoms with E-state index < -0.39 is 42.1 Å². The van der Waals surface area contributed by atoms with Crippen molar-refractivity contribution in [2.75, 3.05) is 25.5 Å². The van der Waals surface area contributed by atoms with E-state index >= 15 is 0 Å². The molecule has 0 bridgehead atoms. The number of nitrogens with one attached hydrogen (secondary N) is 1. The number of ether oxygens (including phenoxy) is 2. The molecule has 2 aromatic heterocycles. The summed E-state index contributed by atoms with van der Waals surface area (Å²) in [5, 5.41) is 42.5. The zero-order chi connectivity index (χ0) is 38.7. The number of anilines is 1. The molecule has 0 saturated carbocycles. The van der Waals surface area contributed by atoms with Gasteiger partial charge < -0.3 is 35.2 Å². The maximum atomic E-state index is 13.2. The van der Waals surface area contributed by atoms with Crippen molar-refractivity contribution in [2.24, 2.45) is 0 Å². The third-order valence-corrected chi connectivity index (χ3v) is 10.4. The molecule has 0 spiro atoms. The number of nitrogens with zero attached hydrogens (tertiary/aromatic N) is 4. The first-order chi connectivity index (χ1) is 25.8. The molecule has 1 amide bonds. The van der Waals surface area contributed by atoms with Gasteiger partial charge in [-0.25, -0.2) is 4.98 Å². The highest BCUT2D eigenvalue weighted by Gasteiger charge is 2.37. The van der Waals surface area contributed by atoms with Gasteiger partial charge in [0, 0.05) is 61.9 Å². The number of amides is 1. The number of hydrogen-bond acceptors (Lipinski definition) is 11. The molecule has 0 unspecified atom stereocenters. The first-order valence-corrected chi connectivity index (χ1v) is 17.9. The van der Waals surface area contributed by atoms with Gasteiger partial charge in [0.1, 0.15) is 35.8 Å². The lowest BCUT2D eigenvalue weighted by molar-refractivity contribution is -0.143. The Hall–Kier alpha value is -4.54. The van der Waals surface area contributed by atoms with Crippen LogP contribution in [-0.2, 0) is 29.3 Å². The largest absolute Gasteiger partial charge is 0.486 e. The molecule has 0 aliphatic carbocycles. The summed E-state index contributed by atoms with van der Waals surface area (Å²) in [4.78, 5) is 48.5. The van der Waals surface area contributed by atoms with Crippen LogP contribution in [0.2, 0.25) is 15.1 Å². The summed E-state index contributed by atoms with van der Waals surface area (Å²) < 4.78 is 11.5. The van der Waals surface area contributed by atoms with E-state index in [0.29, 0.717) is 39.4 Å². The summed E-state index contributed by atoms with van der Waals surface area (Å²) >= 11 is 20.2. The van der Waals surface area contributed by atoms with E-state index in [9.17, 15) is 34.8 Å². The Labute approximate surface area is 324 Å². The third-order valence-electron chi connectivity index (χ3n) is 9.30. The van der Waals surface area contributed by atoms with Crippen molar-refractivity contribution in [1.29, 1.82) is 0 Å². The van der Waals surface area contributed by atoms with Crippen molar-refractivity contribution in [2.45, 2.75) is 56.8 Å². The molecular formula is C37H36Cl3N5O9. The predicted molar refractivity (Wildman–Crippen MR) is 199 cm³/mol. The number of β-amino-alcohol motifs (C(OH)–C–C–N with tert-alkyl or cyclic N) is 2. The van der Waals surface area contributed by atoms with Crippen LogP contribution in [0.4, 0.5) is 5.69 Å². The average Bonchev–Trinajstić information content (AvgIpc) is 3.70. The van der Waals surface area contributed by atoms with Gasteiger partial charge >= 0.3 is 11.9 Å². The Kier molecular flexibility index (Phi) is 12.2. The number of carbonyl (C=O) groups is 3. The van der Waals surface area contributed by atoms with Gasteiger partial charge in [0.25, 0.3) is 5.91 Å². The van der Waals surface area contributed by atoms with Crippen LogP contribution < -0.4 is 14.8 Å². The number of hydrogen-bond donors (Lipinski definition) is 5. The van der Waals surface area contributed by atoms with E-state index in [4.69, 9.17) is 44.3 Å². The van der Waals surface area contributed by atoms with Gasteiger partial charge in [0.05, 0.1) is 40.1 Å². The van der Waals surface area contributed by atoms with Crippen molar-refractivity contribution in [1.82, 2.24) is 19.8 Å². The van der Waals surface area contributed by atoms with Crippen LogP contribution in [0.3, 0.4) is 0 Å². The Morgan fingerprint density at radius 2 is 1.50 bits per heavy atom. The van der Waals surface area contributed by atoms with Gasteiger partial charge in [-0.3, -0.25) is 29.2 Å². The van der Waals surface area contributed by atoms with Crippen molar-refractivity contribution >= 4 is 58.3 Å². The number of benzene rings is 2. The van der Waals surface area contributed by atoms with Crippen LogP contribution in [0, 0.1) is 0 Å². The zero-order valence-corrected chi connectivity index (χ0v) is 31.1. The lowest BCUT2D eigenvalue weighted by Gasteiger charge is -2.22. The van der Waals surface area contributed by atoms with Crippen molar-refractivity contribution in [3.63, 3.8) is 0 Å². The minimum Gasteiger partial charge on any atom is -0.486 e. The highest BCUT2D eigenvalue weighted by molar-refractivity contribution is 6.39. The quantitative estimate of drug-likeness (QED) is 0.122. The number of pyridine rings is 2. The van der Waals surface area contributed by atoms with Crippen LogP contribution in [0.5, 0.6) is 11.6 Å². The number of aliphatic carboxylic acids is 2. The number of methoxy groups -OCH3 is 1. The molecule has 284 valence electrons. The molecule has 17 heteroatoms. The molecule has 4 atom stereocenters. The number of aliphatic hydroxyl groups is 2. The maximum Gasteiger partial charge on any atom is 0.321 e. The summed E-state index contributed by atoms with van der Waals surface area (Å²) in [7, 11) is 1.44. The van der Waals surface area contributed by atoms with Crippen molar-refractivity contribution in [3.8, 4) is 22.8 Å². The van der Waals surface area contributed by atoms with Crippen molar-refractivity contribution < 1.29 is 44.3 Å². The van der Waals surface area contributed by atoms with Crippen LogP contribution in [-0.4, -0.2) is 103 Å². The lowest BCUT2D eigenvalue weighted by atomic mass is 10.0. The number of rotatable bonds is 13. The number of aliphatic hydroxyl groups excluding tert-OH is 2. The first kappa shape index (κ1) is 39.2. The first-order valence-electron chi connectivity index (χ1n) is 16.8. The molecule has 4 heterocycles. The molecule has 2 aromatic carbocycles. The maximum absolute atomic E-state index is 13.2. The number of carboxylic acids is 2. The number of carboxylic acid groups (broad SMARTS) is 2. The number of aromatic nitrogens is 2. The second-order valence-electron chi connectivity index (χ2n) is 13.0. The van der Waals surface area contributed by atoms with Crippen LogP contribution in [0.25, 0.3) is 11.1 Å². The molecule has 4 aromatic rings. The van der Waals surface area contributed by atoms with Crippen LogP contribution in [0.15, 0.2) is 60.8 Å². The smallest absolute Gasteiger partial charge is 0.321 e. The molecule has 5 N–H and O–H groups in total. The minimum absolute atomic E-state index is 0.0887. The van der Waals surface area contributed by atoms with Crippen LogP contribution in [0.1, 0.15) is 40.2 Å². The Morgan fingerprint density at radius 3 is 2.11 bits per heavy atom. The van der Waals surface area contributed by atoms with E-state index in [0.717, 1.165) is 0 Å². The Balaban J connectivity index is 1.13. The highest BCUT2D eigenvalue weighted by Crippen LogP contribution is 2.41. The number of halogens is 3. The van der Waals surface area contributed by atoms with Gasteiger partial charge in [-0.1, -0.05) is 65.1 Å². The molecule has 2 fully saturated rings. The van der Waals surface area contributed by atoms with E-state index in [1.165, 1.54) is 19.4 Å². The molecule has 2 aliphatic rings. The summed E-state index contributed by atoms with van der Waals surface area (Å²) in [6, 6.07) is 13.4. The minimum atomic E-state index is -1.03. The van der Waals surface area contributed by atoms with Gasteiger partial charge in [-0.05, 0) is 29.8 Å². The van der Waals surface area contributed by atoms with Gasteiger partial charge in [-0.15, -0.1) is 0 Å². The molecular weight excluding hydrogens is 765 g/mol. The van der Waals surface area contributed by atoms with Gasteiger partial charge in [0.2, 0.25) is 5.88 Å². The monoisotopic (exact) mass is 799 g/mol. The zero-order valence-electron chi connectivity index (χ0n) is 28.8. The lowest BCUT2D eigenvalue weighted by Crippen LogP contribution is -2.35.